The van der Waals surface area contributed by atoms with Crippen molar-refractivity contribution in [3.05, 3.63) is 32.9 Å². The molecular weight excluding hydrogens is 381 g/mol. The molecule has 82 valence electrons. The molecule has 1 unspecified atom stereocenters. The molecule has 5 heteroatoms. The molecule has 0 N–H and O–H groups in total. The summed E-state index contributed by atoms with van der Waals surface area (Å²) < 4.78 is 25.6. The van der Waals surface area contributed by atoms with Crippen LogP contribution in [0.3, 0.4) is 0 Å². The van der Waals surface area contributed by atoms with Crippen molar-refractivity contribution in [2.75, 3.05) is 0 Å². The molecule has 1 aromatic carbocycles. The highest BCUT2D eigenvalue weighted by atomic mass is 127. The maximum absolute atomic E-state index is 12.6. The number of alkyl halides is 3. The average Bonchev–Trinajstić information content (AvgIpc) is 2.16. The van der Waals surface area contributed by atoms with Gasteiger partial charge in [-0.1, -0.05) is 34.1 Å². The second-order valence-electron chi connectivity index (χ2n) is 3.02. The Bertz CT molecular complexity index is 382. The standard InChI is InChI=1S/C10H8BrF2IO/c1-5(15)8(11)6-3-2-4-7(9(6)14)10(12)13/h2-4,8,10H,1H3. The van der Waals surface area contributed by atoms with Crippen LogP contribution in [0, 0.1) is 3.57 Å². The first kappa shape index (κ1) is 13.0. The van der Waals surface area contributed by atoms with Crippen LogP contribution >= 0.6 is 38.5 Å². The van der Waals surface area contributed by atoms with Crippen molar-refractivity contribution in [2.24, 2.45) is 0 Å². The van der Waals surface area contributed by atoms with Gasteiger partial charge in [-0.25, -0.2) is 8.78 Å². The molecule has 0 aliphatic rings. The molecule has 0 aliphatic heterocycles. The Morgan fingerprint density at radius 2 is 1.93 bits per heavy atom. The number of carbonyl (C=O) groups excluding carboxylic acids is 1. The van der Waals surface area contributed by atoms with Crippen LogP contribution in [0.25, 0.3) is 0 Å². The van der Waals surface area contributed by atoms with Crippen molar-refractivity contribution in [2.45, 2.75) is 18.2 Å². The van der Waals surface area contributed by atoms with Crippen molar-refractivity contribution in [3.63, 3.8) is 0 Å². The highest BCUT2D eigenvalue weighted by Gasteiger charge is 2.20. The first-order chi connectivity index (χ1) is 6.95. The van der Waals surface area contributed by atoms with E-state index in [4.69, 9.17) is 0 Å². The normalized spacial score (nSPS) is 12.9. The lowest BCUT2D eigenvalue weighted by molar-refractivity contribution is -0.116. The molecule has 0 saturated heterocycles. The molecule has 1 atom stereocenters. The van der Waals surface area contributed by atoms with Crippen molar-refractivity contribution < 1.29 is 13.6 Å². The van der Waals surface area contributed by atoms with Gasteiger partial charge in [-0.3, -0.25) is 4.79 Å². The monoisotopic (exact) mass is 388 g/mol. The lowest BCUT2D eigenvalue weighted by Gasteiger charge is -2.12. The number of carbonyl (C=O) groups is 1. The quantitative estimate of drug-likeness (QED) is 0.558. The largest absolute Gasteiger partial charge is 0.298 e. The van der Waals surface area contributed by atoms with Crippen LogP contribution < -0.4 is 0 Å². The summed E-state index contributed by atoms with van der Waals surface area (Å²) in [6.07, 6.45) is -2.51. The number of Topliss-reactive ketones (excluding diaryl/α,β-unsaturated/α-hetero) is 1. The van der Waals surface area contributed by atoms with Gasteiger partial charge >= 0.3 is 0 Å². The third kappa shape index (κ3) is 2.96. The highest BCUT2D eigenvalue weighted by molar-refractivity contribution is 14.1. The van der Waals surface area contributed by atoms with E-state index in [0.29, 0.717) is 9.13 Å². The summed E-state index contributed by atoms with van der Waals surface area (Å²) in [6.45, 7) is 1.42. The fourth-order valence-electron chi connectivity index (χ4n) is 1.15. The van der Waals surface area contributed by atoms with Crippen LogP contribution in [-0.2, 0) is 4.79 Å². The fourth-order valence-corrected chi connectivity index (χ4v) is 2.87. The number of hydrogen-bond acceptors (Lipinski definition) is 1. The predicted molar refractivity (Wildman–Crippen MR) is 66.5 cm³/mol. The van der Waals surface area contributed by atoms with Gasteiger partial charge in [0.25, 0.3) is 6.43 Å². The maximum Gasteiger partial charge on any atom is 0.264 e. The minimum absolute atomic E-state index is 0.0289. The van der Waals surface area contributed by atoms with E-state index in [2.05, 4.69) is 15.9 Å². The number of hydrogen-bond donors (Lipinski definition) is 0. The van der Waals surface area contributed by atoms with E-state index in [-0.39, 0.29) is 11.3 Å². The van der Waals surface area contributed by atoms with Gasteiger partial charge in [0.2, 0.25) is 0 Å². The topological polar surface area (TPSA) is 17.1 Å². The zero-order chi connectivity index (χ0) is 11.6. The average molecular weight is 389 g/mol. The van der Waals surface area contributed by atoms with E-state index in [0.717, 1.165) is 0 Å². The molecule has 0 bridgehead atoms. The zero-order valence-electron chi connectivity index (χ0n) is 7.81. The first-order valence-electron chi connectivity index (χ1n) is 4.16. The summed E-state index contributed by atoms with van der Waals surface area (Å²) in [5, 5.41) is 0. The van der Waals surface area contributed by atoms with Crippen LogP contribution in [0.5, 0.6) is 0 Å². The van der Waals surface area contributed by atoms with E-state index in [1.165, 1.54) is 19.1 Å². The Morgan fingerprint density at radius 3 is 2.40 bits per heavy atom. The molecule has 0 aromatic heterocycles. The Kier molecular flexibility index (Phi) is 4.64. The maximum atomic E-state index is 12.6. The van der Waals surface area contributed by atoms with E-state index in [1.54, 1.807) is 6.07 Å². The van der Waals surface area contributed by atoms with Crippen molar-refractivity contribution in [3.8, 4) is 0 Å². The fraction of sp³-hybridized carbons (Fsp3) is 0.300. The van der Waals surface area contributed by atoms with E-state index in [9.17, 15) is 13.6 Å². The van der Waals surface area contributed by atoms with Crippen molar-refractivity contribution >= 4 is 44.3 Å². The molecule has 0 spiro atoms. The summed E-state index contributed by atoms with van der Waals surface area (Å²) in [4.78, 5) is 10.6. The molecule has 0 aliphatic carbocycles. The number of ketones is 1. The van der Waals surface area contributed by atoms with Crippen LogP contribution in [0.1, 0.15) is 29.3 Å². The second kappa shape index (κ2) is 5.34. The van der Waals surface area contributed by atoms with Crippen LogP contribution in [0.2, 0.25) is 0 Å². The minimum Gasteiger partial charge on any atom is -0.298 e. The minimum atomic E-state index is -2.51. The zero-order valence-corrected chi connectivity index (χ0v) is 11.6. The van der Waals surface area contributed by atoms with Gasteiger partial charge in [0.1, 0.15) is 5.78 Å². The molecule has 0 heterocycles. The SMILES string of the molecule is CC(=O)C(Br)c1cccc(C(F)F)c1I. The summed E-state index contributed by atoms with van der Waals surface area (Å²) in [7, 11) is 0. The molecule has 0 saturated carbocycles. The van der Waals surface area contributed by atoms with Gasteiger partial charge in [-0.15, -0.1) is 0 Å². The summed E-state index contributed by atoms with van der Waals surface area (Å²) in [5.74, 6) is -0.0978. The van der Waals surface area contributed by atoms with Crippen LogP contribution in [0.15, 0.2) is 18.2 Å². The van der Waals surface area contributed by atoms with Crippen LogP contribution in [-0.4, -0.2) is 5.78 Å². The Labute approximate surface area is 109 Å². The Morgan fingerprint density at radius 1 is 1.40 bits per heavy atom. The predicted octanol–water partition coefficient (Wildman–Crippen LogP) is 4.25. The Hall–Kier alpha value is -0.0400. The van der Waals surface area contributed by atoms with Crippen LogP contribution in [0.4, 0.5) is 8.78 Å². The van der Waals surface area contributed by atoms with E-state index >= 15 is 0 Å². The van der Waals surface area contributed by atoms with Gasteiger partial charge in [-0.2, -0.15) is 0 Å². The van der Waals surface area contributed by atoms with Crippen molar-refractivity contribution in [1.82, 2.24) is 0 Å². The third-order valence-corrected chi connectivity index (χ3v) is 4.31. The third-order valence-electron chi connectivity index (χ3n) is 1.92. The molecule has 1 rings (SSSR count). The lowest BCUT2D eigenvalue weighted by Crippen LogP contribution is -2.05. The second-order valence-corrected chi connectivity index (χ2v) is 5.02. The number of halogens is 4. The summed E-state index contributed by atoms with van der Waals surface area (Å²) in [6, 6.07) is 4.58. The lowest BCUT2D eigenvalue weighted by atomic mass is 10.1. The van der Waals surface area contributed by atoms with Gasteiger partial charge in [-0.05, 0) is 35.1 Å². The van der Waals surface area contributed by atoms with Gasteiger partial charge in [0.15, 0.2) is 0 Å². The molecule has 1 nitrogen and oxygen atoms in total. The Balaban J connectivity index is 3.21. The highest BCUT2D eigenvalue weighted by Crippen LogP contribution is 2.33. The van der Waals surface area contributed by atoms with Gasteiger partial charge < -0.3 is 0 Å². The number of rotatable bonds is 3. The molecule has 0 fully saturated rings. The van der Waals surface area contributed by atoms with E-state index < -0.39 is 11.3 Å². The molecule has 0 radical (unpaired) electrons. The molecule has 0 amide bonds. The van der Waals surface area contributed by atoms with Gasteiger partial charge in [0.05, 0.1) is 4.83 Å². The van der Waals surface area contributed by atoms with Crippen molar-refractivity contribution in [1.29, 1.82) is 0 Å². The molecule has 1 aromatic rings. The first-order valence-corrected chi connectivity index (χ1v) is 6.15. The number of benzene rings is 1. The van der Waals surface area contributed by atoms with Gasteiger partial charge in [0, 0.05) is 9.13 Å². The summed E-state index contributed by atoms with van der Waals surface area (Å²) in [5.41, 5.74) is 0.569. The molecule has 15 heavy (non-hydrogen) atoms. The van der Waals surface area contributed by atoms with E-state index in [1.807, 2.05) is 22.6 Å². The smallest absolute Gasteiger partial charge is 0.264 e. The molecular formula is C10H8BrF2IO. The summed E-state index contributed by atoms with van der Waals surface area (Å²) >= 11 is 5.03.